The third kappa shape index (κ3) is 6.35. The molecule has 1 saturated heterocycles. The van der Waals surface area contributed by atoms with Crippen LogP contribution in [-0.2, 0) is 9.53 Å². The molecular weight excluding hydrogens is 418 g/mol. The van der Waals surface area contributed by atoms with Gasteiger partial charge in [-0.2, -0.15) is 0 Å². The number of rotatable bonds is 5. The Morgan fingerprint density at radius 2 is 1.85 bits per heavy atom. The number of carbonyl (C=O) groups is 2. The first-order valence-corrected chi connectivity index (χ1v) is 11.5. The zero-order valence-corrected chi connectivity index (χ0v) is 20.9. The molecule has 2 aromatic rings. The first-order chi connectivity index (χ1) is 15.4. The van der Waals surface area contributed by atoms with Crippen molar-refractivity contribution in [3.05, 3.63) is 35.4 Å². The van der Waals surface area contributed by atoms with Crippen molar-refractivity contribution in [2.24, 2.45) is 0 Å². The summed E-state index contributed by atoms with van der Waals surface area (Å²) in [7, 11) is 3.57. The Morgan fingerprint density at radius 1 is 1.18 bits per heavy atom. The molecule has 0 aliphatic carbocycles. The van der Waals surface area contributed by atoms with Crippen LogP contribution in [0.4, 0.5) is 10.6 Å². The molecule has 0 spiro atoms. The minimum atomic E-state index is -0.564. The van der Waals surface area contributed by atoms with Crippen molar-refractivity contribution in [2.75, 3.05) is 51.7 Å². The van der Waals surface area contributed by atoms with E-state index in [1.165, 1.54) is 0 Å². The summed E-state index contributed by atoms with van der Waals surface area (Å²) in [4.78, 5) is 35.6. The largest absolute Gasteiger partial charge is 0.444 e. The fraction of sp³-hybridized carbons (Fsp3) is 0.560. The zero-order chi connectivity index (χ0) is 24.3. The minimum Gasteiger partial charge on any atom is -0.444 e. The first-order valence-electron chi connectivity index (χ1n) is 11.5. The number of likely N-dealkylation sites (N-methyl/N-ethyl adjacent to an activating group) is 1. The van der Waals surface area contributed by atoms with Crippen LogP contribution in [0, 0.1) is 6.92 Å². The van der Waals surface area contributed by atoms with E-state index in [1.54, 1.807) is 19.0 Å². The lowest BCUT2D eigenvalue weighted by Crippen LogP contribution is -2.50. The van der Waals surface area contributed by atoms with Gasteiger partial charge >= 0.3 is 6.09 Å². The van der Waals surface area contributed by atoms with Crippen LogP contribution in [0.1, 0.15) is 44.9 Å². The van der Waals surface area contributed by atoms with Gasteiger partial charge < -0.3 is 19.9 Å². The van der Waals surface area contributed by atoms with E-state index in [-0.39, 0.29) is 11.9 Å². The maximum Gasteiger partial charge on any atom is 0.408 e. The van der Waals surface area contributed by atoms with Crippen molar-refractivity contribution in [3.63, 3.8) is 0 Å². The number of pyridine rings is 1. The van der Waals surface area contributed by atoms with E-state index in [0.717, 1.165) is 54.0 Å². The lowest BCUT2D eigenvalue weighted by molar-refractivity contribution is -0.129. The van der Waals surface area contributed by atoms with Gasteiger partial charge in [0.2, 0.25) is 5.91 Å². The molecule has 1 aromatic heterocycles. The topological polar surface area (TPSA) is 78.0 Å². The quantitative estimate of drug-likeness (QED) is 0.745. The van der Waals surface area contributed by atoms with Crippen LogP contribution < -0.4 is 10.2 Å². The van der Waals surface area contributed by atoms with Crippen molar-refractivity contribution < 1.29 is 14.3 Å². The second kappa shape index (κ2) is 9.95. The van der Waals surface area contributed by atoms with Crippen LogP contribution >= 0.6 is 0 Å². The Balaban J connectivity index is 1.86. The Morgan fingerprint density at radius 3 is 2.45 bits per heavy atom. The summed E-state index contributed by atoms with van der Waals surface area (Å²) in [5, 5.41) is 4.01. The van der Waals surface area contributed by atoms with E-state index in [9.17, 15) is 9.59 Å². The average molecular weight is 456 g/mol. The van der Waals surface area contributed by atoms with Gasteiger partial charge in [0.15, 0.2) is 0 Å². The number of fused-ring (bicyclic) bond motifs is 1. The molecule has 8 nitrogen and oxygen atoms in total. The average Bonchev–Trinajstić information content (AvgIpc) is 2.72. The maximum atomic E-state index is 12.4. The lowest BCUT2D eigenvalue weighted by Gasteiger charge is -2.37. The van der Waals surface area contributed by atoms with Crippen molar-refractivity contribution in [1.82, 2.24) is 20.1 Å². The monoisotopic (exact) mass is 455 g/mol. The van der Waals surface area contributed by atoms with Gasteiger partial charge in [0.1, 0.15) is 11.4 Å². The van der Waals surface area contributed by atoms with Crippen molar-refractivity contribution in [1.29, 1.82) is 0 Å². The van der Waals surface area contributed by atoms with E-state index >= 15 is 0 Å². The van der Waals surface area contributed by atoms with E-state index in [4.69, 9.17) is 9.72 Å². The van der Waals surface area contributed by atoms with Gasteiger partial charge in [-0.15, -0.1) is 0 Å². The number of amides is 2. The zero-order valence-electron chi connectivity index (χ0n) is 20.9. The lowest BCUT2D eigenvalue weighted by atomic mass is 10.0. The van der Waals surface area contributed by atoms with E-state index < -0.39 is 11.7 Å². The van der Waals surface area contributed by atoms with Gasteiger partial charge in [-0.3, -0.25) is 9.69 Å². The highest BCUT2D eigenvalue weighted by molar-refractivity contribution is 5.85. The number of nitrogens with zero attached hydrogens (tertiary/aromatic N) is 4. The Labute approximate surface area is 196 Å². The molecule has 1 aliphatic heterocycles. The first kappa shape index (κ1) is 24.8. The van der Waals surface area contributed by atoms with Gasteiger partial charge in [-0.1, -0.05) is 18.2 Å². The fourth-order valence-corrected chi connectivity index (χ4v) is 3.94. The summed E-state index contributed by atoms with van der Waals surface area (Å²) in [6.07, 6.45) is -0.447. The number of benzene rings is 1. The summed E-state index contributed by atoms with van der Waals surface area (Å²) < 4.78 is 5.47. The molecule has 0 unspecified atom stereocenters. The number of nitrogens with one attached hydrogen (secondary N) is 1. The third-order valence-corrected chi connectivity index (χ3v) is 5.79. The molecule has 0 radical (unpaired) electrons. The number of aromatic nitrogens is 1. The molecule has 2 amide bonds. The number of hydrogen-bond donors (Lipinski definition) is 1. The molecule has 1 fully saturated rings. The van der Waals surface area contributed by atoms with Crippen LogP contribution in [0.3, 0.4) is 0 Å². The second-order valence-corrected chi connectivity index (χ2v) is 9.97. The molecule has 0 saturated carbocycles. The van der Waals surface area contributed by atoms with E-state index in [2.05, 4.69) is 34.2 Å². The predicted octanol–water partition coefficient (Wildman–Crippen LogP) is 3.34. The van der Waals surface area contributed by atoms with E-state index in [0.29, 0.717) is 6.54 Å². The molecule has 3 rings (SSSR count). The number of aryl methyl sites for hydroxylation is 1. The summed E-state index contributed by atoms with van der Waals surface area (Å²) >= 11 is 0. The summed E-state index contributed by atoms with van der Waals surface area (Å²) in [6.45, 7) is 13.1. The predicted molar refractivity (Wildman–Crippen MR) is 132 cm³/mol. The van der Waals surface area contributed by atoms with Crippen molar-refractivity contribution in [3.8, 4) is 0 Å². The number of ether oxygens (including phenoxy) is 1. The molecule has 33 heavy (non-hydrogen) atoms. The van der Waals surface area contributed by atoms with Gasteiger partial charge in [0.25, 0.3) is 0 Å². The number of piperazine rings is 1. The van der Waals surface area contributed by atoms with E-state index in [1.807, 2.05) is 39.8 Å². The van der Waals surface area contributed by atoms with Crippen LogP contribution in [0.15, 0.2) is 24.3 Å². The van der Waals surface area contributed by atoms with Crippen LogP contribution in [0.2, 0.25) is 0 Å². The number of para-hydroxylation sites is 1. The Kier molecular flexibility index (Phi) is 7.47. The summed E-state index contributed by atoms with van der Waals surface area (Å²) in [5.74, 6) is 0.984. The summed E-state index contributed by atoms with van der Waals surface area (Å²) in [6, 6.07) is 7.98. The van der Waals surface area contributed by atoms with Gasteiger partial charge in [0, 0.05) is 51.2 Å². The molecule has 8 heteroatoms. The molecule has 2 heterocycles. The standard InChI is InChI=1S/C25H37N5O3/c1-17-9-8-10-19-15-20(18(2)26-24(32)33-25(3,4)5)23(27-22(17)19)30-13-11-29(12-14-30)16-21(31)28(6)7/h8-10,15,18H,11-14,16H2,1-7H3,(H,26,32)/t18-/m0/s1. The third-order valence-electron chi connectivity index (χ3n) is 5.79. The molecule has 1 atom stereocenters. The maximum absolute atomic E-state index is 12.4. The molecule has 180 valence electrons. The van der Waals surface area contributed by atoms with Crippen molar-refractivity contribution >= 4 is 28.7 Å². The molecule has 1 aliphatic rings. The fourth-order valence-electron chi connectivity index (χ4n) is 3.94. The number of alkyl carbamates (subject to hydrolysis) is 1. The minimum absolute atomic E-state index is 0.110. The smallest absolute Gasteiger partial charge is 0.408 e. The van der Waals surface area contributed by atoms with Crippen LogP contribution in [0.25, 0.3) is 10.9 Å². The Hall–Kier alpha value is -2.87. The molecule has 0 bridgehead atoms. The summed E-state index contributed by atoms with van der Waals surface area (Å²) in [5.41, 5.74) is 2.47. The van der Waals surface area contributed by atoms with Gasteiger partial charge in [0.05, 0.1) is 18.1 Å². The highest BCUT2D eigenvalue weighted by Gasteiger charge is 2.26. The Bertz CT molecular complexity index is 1010. The molecular formula is C25H37N5O3. The second-order valence-electron chi connectivity index (χ2n) is 9.97. The SMILES string of the molecule is Cc1cccc2cc([C@H](C)NC(=O)OC(C)(C)C)c(N3CCN(CC(=O)N(C)C)CC3)nc12. The number of hydrogen-bond acceptors (Lipinski definition) is 6. The van der Waals surface area contributed by atoms with Crippen LogP contribution in [0.5, 0.6) is 0 Å². The molecule has 1 aromatic carbocycles. The normalized spacial score (nSPS) is 15.9. The van der Waals surface area contributed by atoms with Crippen LogP contribution in [-0.4, -0.2) is 79.2 Å². The van der Waals surface area contributed by atoms with Gasteiger partial charge in [-0.25, -0.2) is 9.78 Å². The highest BCUT2D eigenvalue weighted by atomic mass is 16.6. The van der Waals surface area contributed by atoms with Crippen molar-refractivity contribution in [2.45, 2.75) is 46.3 Å². The highest BCUT2D eigenvalue weighted by Crippen LogP contribution is 2.31. The number of carbonyl (C=O) groups excluding carboxylic acids is 2. The number of anilines is 1. The van der Waals surface area contributed by atoms with Gasteiger partial charge in [-0.05, 0) is 46.2 Å². The molecule has 1 N–H and O–H groups in total.